The molecule has 76 valence electrons. The van der Waals surface area contributed by atoms with Crippen molar-refractivity contribution in [3.05, 3.63) is 0 Å². The fourth-order valence-corrected chi connectivity index (χ4v) is 2.16. The van der Waals surface area contributed by atoms with Crippen molar-refractivity contribution < 1.29 is 4.79 Å². The van der Waals surface area contributed by atoms with Crippen LogP contribution < -0.4 is 0 Å². The molecular formula is C12H22O. The zero-order chi connectivity index (χ0) is 10.1. The second-order valence-corrected chi connectivity index (χ2v) is 5.29. The van der Waals surface area contributed by atoms with Crippen LogP contribution in [0.15, 0.2) is 0 Å². The predicted molar refractivity (Wildman–Crippen MR) is 55.6 cm³/mol. The Kier molecular flexibility index (Phi) is 3.15. The molecule has 1 heteroatoms. The number of Topliss-reactive ketones (excluding diaryl/α,β-unsaturated/α-hetero) is 1. The standard InChI is InChI=1S/C12H22O/c1-9(2)12(3,4)10-5-7-11(13)8-6-10/h9-10H,5-8H2,1-4H3. The smallest absolute Gasteiger partial charge is 0.132 e. The minimum absolute atomic E-state index is 0.403. The van der Waals surface area contributed by atoms with Gasteiger partial charge < -0.3 is 0 Å². The Morgan fingerprint density at radius 1 is 1.23 bits per heavy atom. The Hall–Kier alpha value is -0.330. The van der Waals surface area contributed by atoms with Gasteiger partial charge in [0.2, 0.25) is 0 Å². The summed E-state index contributed by atoms with van der Waals surface area (Å²) in [5.74, 6) is 1.94. The number of ketones is 1. The molecule has 1 rings (SSSR count). The molecule has 0 unspecified atom stereocenters. The van der Waals surface area contributed by atoms with Gasteiger partial charge in [-0.15, -0.1) is 0 Å². The molecule has 0 amide bonds. The third-order valence-corrected chi connectivity index (χ3v) is 4.08. The molecule has 0 aromatic carbocycles. The van der Waals surface area contributed by atoms with Crippen LogP contribution >= 0.6 is 0 Å². The van der Waals surface area contributed by atoms with Gasteiger partial charge in [-0.05, 0) is 30.1 Å². The lowest BCUT2D eigenvalue weighted by Crippen LogP contribution is -2.32. The lowest BCUT2D eigenvalue weighted by Gasteiger charge is -2.40. The molecule has 1 saturated carbocycles. The van der Waals surface area contributed by atoms with E-state index in [0.29, 0.717) is 17.1 Å². The molecule has 0 heterocycles. The summed E-state index contributed by atoms with van der Waals surface area (Å²) in [7, 11) is 0. The van der Waals surface area contributed by atoms with Crippen molar-refractivity contribution in [1.29, 1.82) is 0 Å². The summed E-state index contributed by atoms with van der Waals surface area (Å²) in [6, 6.07) is 0. The zero-order valence-electron chi connectivity index (χ0n) is 9.39. The fraction of sp³-hybridized carbons (Fsp3) is 0.917. The maximum Gasteiger partial charge on any atom is 0.132 e. The van der Waals surface area contributed by atoms with Crippen LogP contribution in [0.3, 0.4) is 0 Å². The van der Waals surface area contributed by atoms with Crippen molar-refractivity contribution in [1.82, 2.24) is 0 Å². The van der Waals surface area contributed by atoms with Crippen LogP contribution in [0.5, 0.6) is 0 Å². The van der Waals surface area contributed by atoms with E-state index in [1.807, 2.05) is 0 Å². The van der Waals surface area contributed by atoms with Crippen molar-refractivity contribution in [2.45, 2.75) is 53.4 Å². The van der Waals surface area contributed by atoms with E-state index >= 15 is 0 Å². The molecule has 0 N–H and O–H groups in total. The zero-order valence-corrected chi connectivity index (χ0v) is 9.39. The van der Waals surface area contributed by atoms with Gasteiger partial charge >= 0.3 is 0 Å². The van der Waals surface area contributed by atoms with Crippen molar-refractivity contribution in [2.24, 2.45) is 17.3 Å². The van der Waals surface area contributed by atoms with Gasteiger partial charge in [0, 0.05) is 12.8 Å². The quantitative estimate of drug-likeness (QED) is 0.639. The van der Waals surface area contributed by atoms with E-state index in [0.717, 1.165) is 31.6 Å². The van der Waals surface area contributed by atoms with Gasteiger partial charge in [0.25, 0.3) is 0 Å². The Labute approximate surface area is 81.9 Å². The summed E-state index contributed by atoms with van der Waals surface area (Å²) >= 11 is 0. The van der Waals surface area contributed by atoms with E-state index in [4.69, 9.17) is 0 Å². The van der Waals surface area contributed by atoms with Crippen LogP contribution in [0.25, 0.3) is 0 Å². The second kappa shape index (κ2) is 3.81. The number of hydrogen-bond donors (Lipinski definition) is 0. The van der Waals surface area contributed by atoms with Gasteiger partial charge in [-0.3, -0.25) is 4.79 Å². The van der Waals surface area contributed by atoms with Crippen molar-refractivity contribution in [2.75, 3.05) is 0 Å². The summed E-state index contributed by atoms with van der Waals surface area (Å²) in [4.78, 5) is 11.1. The first-order chi connectivity index (χ1) is 5.94. The van der Waals surface area contributed by atoms with E-state index in [-0.39, 0.29) is 0 Å². The highest BCUT2D eigenvalue weighted by atomic mass is 16.1. The Morgan fingerprint density at radius 2 is 1.69 bits per heavy atom. The summed E-state index contributed by atoms with van der Waals surface area (Å²) in [6.45, 7) is 9.27. The predicted octanol–water partition coefficient (Wildman–Crippen LogP) is 3.43. The van der Waals surface area contributed by atoms with Crippen LogP contribution in [-0.2, 0) is 4.79 Å². The Balaban J connectivity index is 2.57. The lowest BCUT2D eigenvalue weighted by molar-refractivity contribution is -0.122. The molecule has 13 heavy (non-hydrogen) atoms. The van der Waals surface area contributed by atoms with Crippen molar-refractivity contribution in [3.63, 3.8) is 0 Å². The minimum atomic E-state index is 0.403. The maximum absolute atomic E-state index is 11.1. The molecule has 0 bridgehead atoms. The summed E-state index contributed by atoms with van der Waals surface area (Å²) in [5, 5.41) is 0. The number of carbonyl (C=O) groups excluding carboxylic acids is 1. The number of rotatable bonds is 2. The van der Waals surface area contributed by atoms with Gasteiger partial charge in [-0.2, -0.15) is 0 Å². The third kappa shape index (κ3) is 2.32. The average molecular weight is 182 g/mol. The van der Waals surface area contributed by atoms with E-state index in [2.05, 4.69) is 27.7 Å². The van der Waals surface area contributed by atoms with E-state index in [1.54, 1.807) is 0 Å². The molecule has 1 nitrogen and oxygen atoms in total. The molecule has 0 spiro atoms. The molecule has 0 aliphatic heterocycles. The highest BCUT2D eigenvalue weighted by Crippen LogP contribution is 2.42. The summed E-state index contributed by atoms with van der Waals surface area (Å²) < 4.78 is 0. The minimum Gasteiger partial charge on any atom is -0.300 e. The van der Waals surface area contributed by atoms with E-state index in [1.165, 1.54) is 0 Å². The normalized spacial score (nSPS) is 21.2. The molecule has 0 atom stereocenters. The summed E-state index contributed by atoms with van der Waals surface area (Å²) in [5.41, 5.74) is 0.403. The first kappa shape index (κ1) is 10.7. The second-order valence-electron chi connectivity index (χ2n) is 5.29. The lowest BCUT2D eigenvalue weighted by atomic mass is 9.65. The SMILES string of the molecule is CC(C)C(C)(C)C1CCC(=O)CC1. The van der Waals surface area contributed by atoms with Crippen molar-refractivity contribution in [3.8, 4) is 0 Å². The molecule has 1 aliphatic rings. The van der Waals surface area contributed by atoms with E-state index < -0.39 is 0 Å². The van der Waals surface area contributed by atoms with Crippen molar-refractivity contribution >= 4 is 5.78 Å². The molecule has 0 aromatic heterocycles. The molecule has 0 radical (unpaired) electrons. The van der Waals surface area contributed by atoms with Crippen LogP contribution in [0.4, 0.5) is 0 Å². The summed E-state index contributed by atoms with van der Waals surface area (Å²) in [6.07, 6.45) is 3.87. The van der Waals surface area contributed by atoms with Gasteiger partial charge in [-0.1, -0.05) is 27.7 Å². The van der Waals surface area contributed by atoms with Gasteiger partial charge in [0.05, 0.1) is 0 Å². The topological polar surface area (TPSA) is 17.1 Å². The van der Waals surface area contributed by atoms with Gasteiger partial charge in [0.15, 0.2) is 0 Å². The van der Waals surface area contributed by atoms with Gasteiger partial charge in [0.1, 0.15) is 5.78 Å². The number of hydrogen-bond acceptors (Lipinski definition) is 1. The fourth-order valence-electron chi connectivity index (χ4n) is 2.16. The van der Waals surface area contributed by atoms with Crippen LogP contribution in [0.2, 0.25) is 0 Å². The highest BCUT2D eigenvalue weighted by Gasteiger charge is 2.34. The van der Waals surface area contributed by atoms with Crippen LogP contribution in [-0.4, -0.2) is 5.78 Å². The molecule has 0 saturated heterocycles. The Morgan fingerprint density at radius 3 is 2.08 bits per heavy atom. The first-order valence-electron chi connectivity index (χ1n) is 5.46. The number of carbonyl (C=O) groups is 1. The van der Waals surface area contributed by atoms with Gasteiger partial charge in [-0.25, -0.2) is 0 Å². The van der Waals surface area contributed by atoms with Crippen LogP contribution in [0.1, 0.15) is 53.4 Å². The first-order valence-corrected chi connectivity index (χ1v) is 5.46. The van der Waals surface area contributed by atoms with Crippen LogP contribution in [0, 0.1) is 17.3 Å². The highest BCUT2D eigenvalue weighted by molar-refractivity contribution is 5.79. The molecule has 1 aliphatic carbocycles. The monoisotopic (exact) mass is 182 g/mol. The molecule has 0 aromatic rings. The maximum atomic E-state index is 11.1. The third-order valence-electron chi connectivity index (χ3n) is 4.08. The Bertz CT molecular complexity index is 181. The molecule has 1 fully saturated rings. The van der Waals surface area contributed by atoms with E-state index in [9.17, 15) is 4.79 Å². The largest absolute Gasteiger partial charge is 0.300 e. The average Bonchev–Trinajstić information content (AvgIpc) is 2.04. The molecular weight excluding hydrogens is 160 g/mol.